The number of hydrogen-bond donors (Lipinski definition) is 2. The molecule has 0 spiro atoms. The van der Waals surface area contributed by atoms with Crippen molar-refractivity contribution in [2.24, 2.45) is 29.6 Å². The maximum absolute atomic E-state index is 12.3. The van der Waals surface area contributed by atoms with E-state index in [0.717, 1.165) is 11.8 Å². The van der Waals surface area contributed by atoms with Gasteiger partial charge in [-0.25, -0.2) is 0 Å². The summed E-state index contributed by atoms with van der Waals surface area (Å²) in [5.74, 6) is 2.75. The van der Waals surface area contributed by atoms with Gasteiger partial charge in [0.15, 0.2) is 5.72 Å². The minimum absolute atomic E-state index is 0.200. The highest BCUT2D eigenvalue weighted by Gasteiger charge is 2.54. The number of nitriles is 1. The van der Waals surface area contributed by atoms with E-state index in [-0.39, 0.29) is 17.4 Å². The fourth-order valence-corrected chi connectivity index (χ4v) is 5.61. The van der Waals surface area contributed by atoms with Gasteiger partial charge in [0.25, 0.3) is 5.91 Å². The molecule has 1 atom stereocenters. The van der Waals surface area contributed by atoms with Crippen LogP contribution in [0.15, 0.2) is 11.1 Å². The predicted molar refractivity (Wildman–Crippen MR) is 71.9 cm³/mol. The number of amides is 1. The Morgan fingerprint density at radius 1 is 1.20 bits per heavy atom. The van der Waals surface area contributed by atoms with Crippen LogP contribution in [0.2, 0.25) is 0 Å². The van der Waals surface area contributed by atoms with Crippen LogP contribution in [0.1, 0.15) is 39.0 Å². The fourth-order valence-electron chi connectivity index (χ4n) is 5.61. The molecule has 1 aliphatic heterocycles. The van der Waals surface area contributed by atoms with Crippen LogP contribution in [-0.4, -0.2) is 16.7 Å². The number of carbonyl (C=O) groups is 1. The van der Waals surface area contributed by atoms with Gasteiger partial charge in [0.05, 0.1) is 5.57 Å². The van der Waals surface area contributed by atoms with Gasteiger partial charge in [0, 0.05) is 5.57 Å². The molecule has 0 aromatic carbocycles. The van der Waals surface area contributed by atoms with Crippen LogP contribution in [-0.2, 0) is 4.79 Å². The first kappa shape index (κ1) is 12.4. The Kier molecular flexibility index (Phi) is 2.39. The molecule has 4 aliphatic carbocycles. The van der Waals surface area contributed by atoms with Gasteiger partial charge in [-0.2, -0.15) is 5.26 Å². The average Bonchev–Trinajstić information content (AvgIpc) is 2.57. The highest BCUT2D eigenvalue weighted by Crippen LogP contribution is 2.59. The minimum atomic E-state index is -1.48. The van der Waals surface area contributed by atoms with Crippen molar-refractivity contribution in [3.8, 4) is 6.07 Å². The Balaban J connectivity index is 1.77. The summed E-state index contributed by atoms with van der Waals surface area (Å²) < 4.78 is 0. The van der Waals surface area contributed by atoms with Gasteiger partial charge in [-0.3, -0.25) is 4.79 Å². The maximum atomic E-state index is 12.3. The van der Waals surface area contributed by atoms with Crippen LogP contribution in [0.4, 0.5) is 0 Å². The third-order valence-corrected chi connectivity index (χ3v) is 6.03. The summed E-state index contributed by atoms with van der Waals surface area (Å²) in [7, 11) is 0. The molecular weight excluding hydrogens is 252 g/mol. The van der Waals surface area contributed by atoms with E-state index in [1.54, 1.807) is 0 Å². The third-order valence-electron chi connectivity index (χ3n) is 6.03. The third kappa shape index (κ3) is 1.53. The molecule has 0 saturated heterocycles. The van der Waals surface area contributed by atoms with Crippen molar-refractivity contribution in [3.63, 3.8) is 0 Å². The number of carbonyl (C=O) groups excluding carboxylic acids is 1. The van der Waals surface area contributed by atoms with E-state index in [1.807, 2.05) is 0 Å². The molecule has 1 unspecified atom stereocenters. The van der Waals surface area contributed by atoms with Gasteiger partial charge in [-0.05, 0) is 68.6 Å². The number of aliphatic hydroxyl groups is 1. The highest BCUT2D eigenvalue weighted by molar-refractivity contribution is 5.99. The first-order valence-corrected chi connectivity index (χ1v) is 7.69. The molecule has 5 aliphatic rings. The highest BCUT2D eigenvalue weighted by atomic mass is 16.3. The average molecular weight is 272 g/mol. The van der Waals surface area contributed by atoms with Crippen molar-refractivity contribution in [3.05, 3.63) is 11.1 Å². The van der Waals surface area contributed by atoms with Crippen molar-refractivity contribution in [1.82, 2.24) is 5.32 Å². The first-order valence-electron chi connectivity index (χ1n) is 7.69. The van der Waals surface area contributed by atoms with E-state index in [2.05, 4.69) is 11.4 Å². The van der Waals surface area contributed by atoms with Crippen molar-refractivity contribution in [1.29, 1.82) is 5.26 Å². The fraction of sp³-hybridized carbons (Fsp3) is 0.750. The summed E-state index contributed by atoms with van der Waals surface area (Å²) in [6.07, 6.45) is 6.18. The second-order valence-electron chi connectivity index (χ2n) is 7.38. The van der Waals surface area contributed by atoms with Gasteiger partial charge in [-0.1, -0.05) is 0 Å². The molecule has 4 saturated carbocycles. The van der Waals surface area contributed by atoms with E-state index in [9.17, 15) is 15.2 Å². The molecule has 0 aromatic rings. The SMILES string of the molecule is CC1(O)NC(=O)C(C2C3CC4CC(C3)CC2C4)=C1C#N. The Hall–Kier alpha value is -1.34. The normalized spacial score (nSPS) is 49.5. The molecule has 4 bridgehead atoms. The molecule has 1 heterocycles. The van der Waals surface area contributed by atoms with Crippen molar-refractivity contribution in [2.75, 3.05) is 0 Å². The number of hydrogen-bond acceptors (Lipinski definition) is 3. The van der Waals surface area contributed by atoms with Crippen LogP contribution in [0.25, 0.3) is 0 Å². The minimum Gasteiger partial charge on any atom is -0.366 e. The molecule has 2 N–H and O–H groups in total. The van der Waals surface area contributed by atoms with Crippen molar-refractivity contribution < 1.29 is 9.90 Å². The Labute approximate surface area is 118 Å². The zero-order chi connectivity index (χ0) is 14.1. The van der Waals surface area contributed by atoms with E-state index in [4.69, 9.17) is 0 Å². The van der Waals surface area contributed by atoms with Crippen molar-refractivity contribution >= 4 is 5.91 Å². The second-order valence-corrected chi connectivity index (χ2v) is 7.38. The Bertz CT molecular complexity index is 527. The summed E-state index contributed by atoms with van der Waals surface area (Å²) in [5, 5.41) is 22.2. The maximum Gasteiger partial charge on any atom is 0.251 e. The topological polar surface area (TPSA) is 73.1 Å². The second kappa shape index (κ2) is 3.85. The Morgan fingerprint density at radius 2 is 1.75 bits per heavy atom. The molecule has 1 amide bonds. The molecule has 4 heteroatoms. The molecule has 4 nitrogen and oxygen atoms in total. The molecule has 20 heavy (non-hydrogen) atoms. The lowest BCUT2D eigenvalue weighted by Gasteiger charge is -2.54. The molecular formula is C16H20N2O2. The van der Waals surface area contributed by atoms with E-state index in [0.29, 0.717) is 17.4 Å². The van der Waals surface area contributed by atoms with Crippen LogP contribution in [0.5, 0.6) is 0 Å². The number of rotatable bonds is 1. The van der Waals surface area contributed by atoms with E-state index >= 15 is 0 Å². The number of nitrogens with one attached hydrogen (secondary N) is 1. The summed E-state index contributed by atoms with van der Waals surface area (Å²) in [4.78, 5) is 12.3. The van der Waals surface area contributed by atoms with Crippen molar-refractivity contribution in [2.45, 2.75) is 44.8 Å². The van der Waals surface area contributed by atoms with E-state index < -0.39 is 5.72 Å². The largest absolute Gasteiger partial charge is 0.366 e. The molecule has 4 fully saturated rings. The summed E-state index contributed by atoms with van der Waals surface area (Å²) in [5.41, 5.74) is -0.609. The smallest absolute Gasteiger partial charge is 0.251 e. The quantitative estimate of drug-likeness (QED) is 0.763. The summed E-state index contributed by atoms with van der Waals surface area (Å²) in [6.45, 7) is 1.51. The van der Waals surface area contributed by atoms with Gasteiger partial charge in [-0.15, -0.1) is 0 Å². The van der Waals surface area contributed by atoms with Crippen LogP contribution < -0.4 is 5.32 Å². The summed E-state index contributed by atoms with van der Waals surface area (Å²) >= 11 is 0. The molecule has 0 radical (unpaired) electrons. The molecule has 106 valence electrons. The van der Waals surface area contributed by atoms with Gasteiger partial charge in [0.2, 0.25) is 0 Å². The van der Waals surface area contributed by atoms with Gasteiger partial charge < -0.3 is 10.4 Å². The lowest BCUT2D eigenvalue weighted by molar-refractivity contribution is -0.122. The standard InChI is InChI=1S/C16H20N2O2/c1-16(20)12(7-17)14(15(19)18-16)13-10-3-8-2-9(5-10)6-11(13)4-8/h8-11,13,20H,2-6H2,1H3,(H,18,19). The lowest BCUT2D eigenvalue weighted by Crippen LogP contribution is -2.47. The number of nitrogens with zero attached hydrogens (tertiary/aromatic N) is 1. The van der Waals surface area contributed by atoms with Crippen LogP contribution in [0, 0.1) is 40.9 Å². The lowest BCUT2D eigenvalue weighted by atomic mass is 9.50. The van der Waals surface area contributed by atoms with Gasteiger partial charge >= 0.3 is 0 Å². The predicted octanol–water partition coefficient (Wildman–Crippen LogP) is 1.72. The zero-order valence-corrected chi connectivity index (χ0v) is 11.7. The molecule has 0 aromatic heterocycles. The summed E-state index contributed by atoms with van der Waals surface area (Å²) in [6, 6.07) is 2.09. The monoisotopic (exact) mass is 272 g/mol. The first-order chi connectivity index (χ1) is 9.49. The van der Waals surface area contributed by atoms with Gasteiger partial charge in [0.1, 0.15) is 6.07 Å². The van der Waals surface area contributed by atoms with Crippen LogP contribution >= 0.6 is 0 Å². The van der Waals surface area contributed by atoms with Crippen LogP contribution in [0.3, 0.4) is 0 Å². The molecule has 5 rings (SSSR count). The zero-order valence-electron chi connectivity index (χ0n) is 11.7. The van der Waals surface area contributed by atoms with E-state index in [1.165, 1.54) is 39.0 Å². The Morgan fingerprint density at radius 3 is 2.25 bits per heavy atom.